The first-order chi connectivity index (χ1) is 16.9. The third-order valence-electron chi connectivity index (χ3n) is 5.73. The fourth-order valence-corrected chi connectivity index (χ4v) is 4.32. The summed E-state index contributed by atoms with van der Waals surface area (Å²) in [6, 6.07) is 25.1. The van der Waals surface area contributed by atoms with Gasteiger partial charge < -0.3 is 10.1 Å². The van der Waals surface area contributed by atoms with Gasteiger partial charge in [-0.25, -0.2) is 0 Å². The Morgan fingerprint density at radius 3 is 2.63 bits per heavy atom. The molecule has 0 fully saturated rings. The summed E-state index contributed by atoms with van der Waals surface area (Å²) in [4.78, 5) is 12.9. The third-order valence-corrected chi connectivity index (χ3v) is 6.46. The highest BCUT2D eigenvalue weighted by Gasteiger charge is 2.14. The van der Waals surface area contributed by atoms with Crippen LogP contribution in [0.1, 0.15) is 22.3 Å². The molecule has 0 heterocycles. The molecule has 4 rings (SSSR count). The van der Waals surface area contributed by atoms with Crippen LogP contribution in [0.2, 0.25) is 5.02 Å². The largest absolute Gasteiger partial charge is 0.488 e. The molecule has 0 unspecified atom stereocenters. The molecule has 0 aliphatic rings. The van der Waals surface area contributed by atoms with Gasteiger partial charge in [0, 0.05) is 26.3 Å². The predicted molar refractivity (Wildman–Crippen MR) is 146 cm³/mol. The smallest absolute Gasteiger partial charge is 0.266 e. The van der Waals surface area contributed by atoms with Crippen LogP contribution < -0.4 is 10.1 Å². The Morgan fingerprint density at radius 1 is 1.06 bits per heavy atom. The van der Waals surface area contributed by atoms with Crippen molar-refractivity contribution in [2.45, 2.75) is 20.5 Å². The van der Waals surface area contributed by atoms with Crippen molar-refractivity contribution in [2.24, 2.45) is 0 Å². The van der Waals surface area contributed by atoms with Crippen LogP contribution in [0.5, 0.6) is 5.75 Å². The third kappa shape index (κ3) is 5.74. The van der Waals surface area contributed by atoms with Gasteiger partial charge in [0.15, 0.2) is 0 Å². The van der Waals surface area contributed by atoms with Gasteiger partial charge in [-0.1, -0.05) is 70.0 Å². The zero-order valence-electron chi connectivity index (χ0n) is 19.2. The molecule has 0 saturated carbocycles. The number of hydrogen-bond acceptors (Lipinski definition) is 3. The number of amides is 1. The minimum atomic E-state index is -0.520. The molecular weight excluding hydrogens is 524 g/mol. The van der Waals surface area contributed by atoms with Crippen LogP contribution in [0.4, 0.5) is 5.69 Å². The predicted octanol–water partition coefficient (Wildman–Crippen LogP) is 8.00. The maximum absolute atomic E-state index is 12.9. The van der Waals surface area contributed by atoms with E-state index < -0.39 is 5.91 Å². The molecule has 174 valence electrons. The number of aryl methyl sites for hydroxylation is 2. The average molecular weight is 546 g/mol. The van der Waals surface area contributed by atoms with E-state index in [4.69, 9.17) is 16.3 Å². The number of benzene rings is 4. The summed E-state index contributed by atoms with van der Waals surface area (Å²) in [6.07, 6.45) is 1.53. The topological polar surface area (TPSA) is 62.1 Å². The van der Waals surface area contributed by atoms with E-state index >= 15 is 0 Å². The number of halogens is 2. The minimum Gasteiger partial charge on any atom is -0.488 e. The Labute approximate surface area is 217 Å². The summed E-state index contributed by atoms with van der Waals surface area (Å²) in [6.45, 7) is 4.27. The molecule has 0 atom stereocenters. The highest BCUT2D eigenvalue weighted by molar-refractivity contribution is 9.10. The summed E-state index contributed by atoms with van der Waals surface area (Å²) in [5, 5.41) is 15.3. The fraction of sp³-hybridized carbons (Fsp3) is 0.103. The van der Waals surface area contributed by atoms with Crippen LogP contribution in [0.3, 0.4) is 0 Å². The van der Waals surface area contributed by atoms with Crippen LogP contribution in [-0.2, 0) is 11.4 Å². The number of carbonyl (C=O) groups excluding carboxylic acids is 1. The lowest BCUT2D eigenvalue weighted by Crippen LogP contribution is -2.14. The Morgan fingerprint density at radius 2 is 1.83 bits per heavy atom. The second kappa shape index (κ2) is 10.8. The molecule has 0 spiro atoms. The molecule has 0 bridgehead atoms. The maximum atomic E-state index is 12.9. The van der Waals surface area contributed by atoms with Gasteiger partial charge in [-0.2, -0.15) is 5.26 Å². The van der Waals surface area contributed by atoms with Gasteiger partial charge in [-0.15, -0.1) is 0 Å². The highest BCUT2D eigenvalue weighted by atomic mass is 79.9. The second-order valence-corrected chi connectivity index (χ2v) is 9.49. The van der Waals surface area contributed by atoms with Gasteiger partial charge in [0.1, 0.15) is 24.0 Å². The maximum Gasteiger partial charge on any atom is 0.266 e. The van der Waals surface area contributed by atoms with Crippen LogP contribution in [0.25, 0.3) is 16.8 Å². The van der Waals surface area contributed by atoms with E-state index in [1.165, 1.54) is 6.08 Å². The summed E-state index contributed by atoms with van der Waals surface area (Å²) in [5.74, 6) is 0.0497. The number of ether oxygens (including phenoxy) is 1. The van der Waals surface area contributed by atoms with Crippen molar-refractivity contribution >= 4 is 56.0 Å². The summed E-state index contributed by atoms with van der Waals surface area (Å²) in [7, 11) is 0. The second-order valence-electron chi connectivity index (χ2n) is 8.14. The van der Waals surface area contributed by atoms with Crippen molar-refractivity contribution in [3.8, 4) is 11.8 Å². The van der Waals surface area contributed by atoms with Gasteiger partial charge in [0.05, 0.1) is 0 Å². The van der Waals surface area contributed by atoms with E-state index in [2.05, 4.69) is 52.4 Å². The van der Waals surface area contributed by atoms with Crippen molar-refractivity contribution in [1.29, 1.82) is 5.26 Å². The first kappa shape index (κ1) is 24.5. The number of fused-ring (bicyclic) bond motifs is 1. The lowest BCUT2D eigenvalue weighted by atomic mass is 10.0. The van der Waals surface area contributed by atoms with Crippen molar-refractivity contribution in [3.05, 3.63) is 110 Å². The van der Waals surface area contributed by atoms with Crippen molar-refractivity contribution in [3.63, 3.8) is 0 Å². The highest BCUT2D eigenvalue weighted by Crippen LogP contribution is 2.29. The first-order valence-corrected chi connectivity index (χ1v) is 12.1. The molecule has 4 aromatic rings. The number of nitrogens with zero attached hydrogens (tertiary/aromatic N) is 1. The minimum absolute atomic E-state index is 0.0475. The van der Waals surface area contributed by atoms with E-state index in [-0.39, 0.29) is 5.57 Å². The van der Waals surface area contributed by atoms with E-state index in [1.54, 1.807) is 12.1 Å². The standard InChI is InChI=1S/C29H22BrClN2O2/c1-18-7-9-20-5-3-4-6-25(20)26(18)17-35-28-12-10-23(30)14-21(28)13-22(16-32)29(34)33-27-15-24(31)11-8-19(27)2/h3-15H,17H2,1-2H3,(H,33,34)/b22-13+. The Kier molecular flexibility index (Phi) is 7.55. The molecule has 0 saturated heterocycles. The summed E-state index contributed by atoms with van der Waals surface area (Å²) in [5.41, 5.74) is 4.20. The van der Waals surface area contributed by atoms with Gasteiger partial charge in [0.25, 0.3) is 5.91 Å². The molecule has 0 aliphatic carbocycles. The molecule has 1 amide bonds. The fourth-order valence-electron chi connectivity index (χ4n) is 3.77. The van der Waals surface area contributed by atoms with Gasteiger partial charge in [0.2, 0.25) is 0 Å². The molecule has 4 aromatic carbocycles. The molecule has 35 heavy (non-hydrogen) atoms. The molecule has 1 N–H and O–H groups in total. The van der Waals surface area contributed by atoms with Crippen molar-refractivity contribution in [1.82, 2.24) is 0 Å². The van der Waals surface area contributed by atoms with E-state index in [0.717, 1.165) is 31.9 Å². The number of carbonyl (C=O) groups is 1. The monoisotopic (exact) mass is 544 g/mol. The zero-order chi connectivity index (χ0) is 24.9. The summed E-state index contributed by atoms with van der Waals surface area (Å²) < 4.78 is 7.03. The van der Waals surface area contributed by atoms with E-state index in [0.29, 0.717) is 28.6 Å². The lowest BCUT2D eigenvalue weighted by molar-refractivity contribution is -0.112. The lowest BCUT2D eigenvalue weighted by Gasteiger charge is -2.14. The number of anilines is 1. The Balaban J connectivity index is 1.63. The quantitative estimate of drug-likeness (QED) is 0.197. The molecule has 0 aromatic heterocycles. The van der Waals surface area contributed by atoms with Gasteiger partial charge in [-0.3, -0.25) is 4.79 Å². The molecule has 0 aliphatic heterocycles. The van der Waals surface area contributed by atoms with Crippen molar-refractivity contribution < 1.29 is 9.53 Å². The molecule has 6 heteroatoms. The zero-order valence-corrected chi connectivity index (χ0v) is 21.6. The van der Waals surface area contributed by atoms with Gasteiger partial charge in [-0.05, 0) is 72.2 Å². The van der Waals surface area contributed by atoms with Crippen LogP contribution in [-0.4, -0.2) is 5.91 Å². The number of nitrogens with one attached hydrogen (secondary N) is 1. The Hall–Kier alpha value is -3.59. The summed E-state index contributed by atoms with van der Waals surface area (Å²) >= 11 is 9.54. The number of nitriles is 1. The van der Waals surface area contributed by atoms with E-state index in [9.17, 15) is 10.1 Å². The van der Waals surface area contributed by atoms with Gasteiger partial charge >= 0.3 is 0 Å². The first-order valence-electron chi connectivity index (χ1n) is 10.9. The van der Waals surface area contributed by atoms with Crippen LogP contribution in [0, 0.1) is 25.2 Å². The average Bonchev–Trinajstić information content (AvgIpc) is 2.85. The number of rotatable bonds is 6. The molecule has 4 nitrogen and oxygen atoms in total. The molecule has 0 radical (unpaired) electrons. The normalized spacial score (nSPS) is 11.2. The van der Waals surface area contributed by atoms with E-state index in [1.807, 2.05) is 49.4 Å². The van der Waals surface area contributed by atoms with Crippen molar-refractivity contribution in [2.75, 3.05) is 5.32 Å². The number of hydrogen-bond donors (Lipinski definition) is 1. The van der Waals surface area contributed by atoms with Crippen LogP contribution >= 0.6 is 27.5 Å². The van der Waals surface area contributed by atoms with Crippen LogP contribution in [0.15, 0.2) is 82.8 Å². The molecular formula is C29H22BrClN2O2. The Bertz CT molecular complexity index is 1500. The SMILES string of the molecule is Cc1ccc(Cl)cc1NC(=O)/C(C#N)=C/c1cc(Br)ccc1OCc1c(C)ccc2ccccc12.